The van der Waals surface area contributed by atoms with Gasteiger partial charge in [-0.25, -0.2) is 4.98 Å². The van der Waals surface area contributed by atoms with E-state index in [0.29, 0.717) is 0 Å². The highest BCUT2D eigenvalue weighted by atomic mass is 35.5. The minimum atomic E-state index is 0.124. The summed E-state index contributed by atoms with van der Waals surface area (Å²) in [4.78, 5) is 14.4. The lowest BCUT2D eigenvalue weighted by atomic mass is 9.93. The number of fused-ring (bicyclic) bond motifs is 2. The smallest absolute Gasteiger partial charge is 0.108 e. The summed E-state index contributed by atoms with van der Waals surface area (Å²) in [6.07, 6.45) is 9.08. The van der Waals surface area contributed by atoms with Crippen molar-refractivity contribution in [2.24, 2.45) is 0 Å². The number of hydrogen-bond donors (Lipinski definition) is 0. The minimum Gasteiger partial charge on any atom is -0.331 e. The molecule has 31 heavy (non-hydrogen) atoms. The standard InChI is InChI=1S/C25H28ClN5/c1-3-23-27-9-10-31(23)17-19-15-18-5-4-8-28-24(18)25(30-13-11-29(2)12-14-30)21-7-6-20(26)16-22(19)21/h4-10,15-16,25H,3,11-14,17H2,1-2H3. The molecule has 1 unspecified atom stereocenters. The Hall–Kier alpha value is -2.47. The normalized spacial score (nSPS) is 19.5. The lowest BCUT2D eigenvalue weighted by Crippen LogP contribution is -2.46. The van der Waals surface area contributed by atoms with Gasteiger partial charge in [0.2, 0.25) is 0 Å². The molecule has 160 valence electrons. The molecule has 1 fully saturated rings. The number of halogens is 1. The second-order valence-corrected chi connectivity index (χ2v) is 8.88. The summed E-state index contributed by atoms with van der Waals surface area (Å²) in [6.45, 7) is 7.09. The van der Waals surface area contributed by atoms with Crippen LogP contribution in [0, 0.1) is 0 Å². The van der Waals surface area contributed by atoms with Crippen molar-refractivity contribution < 1.29 is 0 Å². The molecule has 0 N–H and O–H groups in total. The van der Waals surface area contributed by atoms with Crippen LogP contribution in [-0.4, -0.2) is 57.6 Å². The van der Waals surface area contributed by atoms with Crippen molar-refractivity contribution in [1.82, 2.24) is 24.3 Å². The second kappa shape index (κ2) is 8.58. The number of allylic oxidation sites excluding steroid dienone is 1. The fraction of sp³-hybridized carbons (Fsp3) is 0.360. The van der Waals surface area contributed by atoms with Gasteiger partial charge in [0.05, 0.1) is 11.7 Å². The second-order valence-electron chi connectivity index (χ2n) is 8.45. The number of aryl methyl sites for hydroxylation is 1. The average molecular weight is 434 g/mol. The average Bonchev–Trinajstić information content (AvgIpc) is 3.18. The Kier molecular flexibility index (Phi) is 5.65. The Morgan fingerprint density at radius 2 is 1.90 bits per heavy atom. The molecule has 0 amide bonds. The van der Waals surface area contributed by atoms with Gasteiger partial charge in [-0.1, -0.05) is 30.7 Å². The van der Waals surface area contributed by atoms with Crippen LogP contribution in [0.1, 0.15) is 41.2 Å². The molecular weight excluding hydrogens is 406 g/mol. The number of aromatic nitrogens is 3. The van der Waals surface area contributed by atoms with E-state index in [4.69, 9.17) is 16.6 Å². The van der Waals surface area contributed by atoms with Crippen LogP contribution in [0.3, 0.4) is 0 Å². The van der Waals surface area contributed by atoms with Crippen molar-refractivity contribution in [2.75, 3.05) is 33.2 Å². The molecule has 6 heteroatoms. The van der Waals surface area contributed by atoms with Crippen LogP contribution < -0.4 is 0 Å². The predicted molar refractivity (Wildman–Crippen MR) is 126 cm³/mol. The van der Waals surface area contributed by atoms with Crippen LogP contribution in [0.2, 0.25) is 5.02 Å². The van der Waals surface area contributed by atoms with E-state index in [9.17, 15) is 0 Å². The Morgan fingerprint density at radius 1 is 1.06 bits per heavy atom. The third kappa shape index (κ3) is 3.93. The Labute approximate surface area is 189 Å². The topological polar surface area (TPSA) is 37.2 Å². The maximum Gasteiger partial charge on any atom is 0.108 e. The first-order chi connectivity index (χ1) is 15.1. The Balaban J connectivity index is 1.66. The van der Waals surface area contributed by atoms with Crippen LogP contribution in [0.4, 0.5) is 0 Å². The fourth-order valence-electron chi connectivity index (χ4n) is 4.80. The van der Waals surface area contributed by atoms with Gasteiger partial charge in [-0.15, -0.1) is 0 Å². The molecule has 5 rings (SSSR count). The van der Waals surface area contributed by atoms with E-state index < -0.39 is 0 Å². The third-order valence-corrected chi connectivity index (χ3v) is 6.71. The summed E-state index contributed by atoms with van der Waals surface area (Å²) < 4.78 is 2.24. The number of imidazole rings is 1. The molecule has 0 radical (unpaired) electrons. The lowest BCUT2D eigenvalue weighted by Gasteiger charge is -2.38. The van der Waals surface area contributed by atoms with Gasteiger partial charge in [0, 0.05) is 62.8 Å². The number of pyridine rings is 1. The first kappa shape index (κ1) is 20.4. The first-order valence-electron chi connectivity index (χ1n) is 11.0. The largest absolute Gasteiger partial charge is 0.331 e. The molecule has 1 aliphatic carbocycles. The maximum atomic E-state index is 6.52. The highest BCUT2D eigenvalue weighted by Gasteiger charge is 2.32. The number of rotatable bonds is 4. The van der Waals surface area contributed by atoms with E-state index in [1.165, 1.54) is 22.3 Å². The van der Waals surface area contributed by atoms with Gasteiger partial charge in [0.25, 0.3) is 0 Å². The highest BCUT2D eigenvalue weighted by molar-refractivity contribution is 6.30. The zero-order valence-electron chi connectivity index (χ0n) is 18.1. The fourth-order valence-corrected chi connectivity index (χ4v) is 4.97. The SMILES string of the molecule is CCc1nccn1CC1=Cc2cccnc2C(N2CCN(C)CC2)c2ccc(Cl)cc21. The zero-order chi connectivity index (χ0) is 21.4. The Morgan fingerprint density at radius 3 is 2.71 bits per heavy atom. The van der Waals surface area contributed by atoms with Crippen molar-refractivity contribution >= 4 is 23.3 Å². The molecular formula is C25H28ClN5. The van der Waals surface area contributed by atoms with Gasteiger partial charge in [0.15, 0.2) is 0 Å². The van der Waals surface area contributed by atoms with Crippen molar-refractivity contribution in [2.45, 2.75) is 25.9 Å². The number of piperazine rings is 1. The van der Waals surface area contributed by atoms with Gasteiger partial charge in [0.1, 0.15) is 5.82 Å². The number of hydrogen-bond acceptors (Lipinski definition) is 4. The summed E-state index contributed by atoms with van der Waals surface area (Å²) in [5.74, 6) is 1.09. The van der Waals surface area contributed by atoms with Crippen LogP contribution >= 0.6 is 11.6 Å². The van der Waals surface area contributed by atoms with Crippen LogP contribution in [0.25, 0.3) is 11.6 Å². The summed E-state index contributed by atoms with van der Waals surface area (Å²) >= 11 is 6.52. The lowest BCUT2D eigenvalue weighted by molar-refractivity contribution is 0.125. The van der Waals surface area contributed by atoms with Crippen molar-refractivity contribution in [3.8, 4) is 0 Å². The molecule has 5 nitrogen and oxygen atoms in total. The van der Waals surface area contributed by atoms with E-state index in [2.05, 4.69) is 63.8 Å². The summed E-state index contributed by atoms with van der Waals surface area (Å²) in [5.41, 5.74) is 6.07. The molecule has 0 spiro atoms. The molecule has 2 aromatic heterocycles. The predicted octanol–water partition coefficient (Wildman–Crippen LogP) is 4.38. The van der Waals surface area contributed by atoms with Crippen molar-refractivity contribution in [3.63, 3.8) is 0 Å². The van der Waals surface area contributed by atoms with E-state index in [-0.39, 0.29) is 6.04 Å². The zero-order valence-corrected chi connectivity index (χ0v) is 18.9. The van der Waals surface area contributed by atoms with Gasteiger partial charge < -0.3 is 9.47 Å². The summed E-state index contributed by atoms with van der Waals surface area (Å²) in [6, 6.07) is 10.7. The third-order valence-electron chi connectivity index (χ3n) is 6.48. The summed E-state index contributed by atoms with van der Waals surface area (Å²) in [7, 11) is 2.19. The number of benzene rings is 1. The van der Waals surface area contributed by atoms with E-state index >= 15 is 0 Å². The van der Waals surface area contributed by atoms with Crippen LogP contribution in [0.15, 0.2) is 48.9 Å². The van der Waals surface area contributed by atoms with Crippen molar-refractivity contribution in [3.05, 3.63) is 82.2 Å². The van der Waals surface area contributed by atoms with Gasteiger partial charge in [-0.05, 0) is 53.6 Å². The molecule has 3 aromatic rings. The molecule has 1 atom stereocenters. The molecule has 1 aliphatic heterocycles. The molecule has 3 heterocycles. The maximum absolute atomic E-state index is 6.52. The highest BCUT2D eigenvalue weighted by Crippen LogP contribution is 2.40. The number of likely N-dealkylation sites (N-methyl/N-ethyl adjacent to an activating group) is 1. The molecule has 0 bridgehead atoms. The molecule has 0 saturated carbocycles. The van der Waals surface area contributed by atoms with E-state index in [1.807, 2.05) is 24.5 Å². The Bertz CT molecular complexity index is 1110. The van der Waals surface area contributed by atoms with Crippen LogP contribution in [0.5, 0.6) is 0 Å². The summed E-state index contributed by atoms with van der Waals surface area (Å²) in [5, 5.41) is 0.766. The van der Waals surface area contributed by atoms with Gasteiger partial charge in [-0.3, -0.25) is 9.88 Å². The first-order valence-corrected chi connectivity index (χ1v) is 11.4. The van der Waals surface area contributed by atoms with Gasteiger partial charge >= 0.3 is 0 Å². The van der Waals surface area contributed by atoms with E-state index in [0.717, 1.165) is 55.7 Å². The monoisotopic (exact) mass is 433 g/mol. The molecule has 2 aliphatic rings. The van der Waals surface area contributed by atoms with Crippen LogP contribution in [-0.2, 0) is 13.0 Å². The minimum absolute atomic E-state index is 0.124. The molecule has 1 aromatic carbocycles. The van der Waals surface area contributed by atoms with Gasteiger partial charge in [-0.2, -0.15) is 0 Å². The quantitative estimate of drug-likeness (QED) is 0.611. The number of nitrogens with zero attached hydrogens (tertiary/aromatic N) is 5. The van der Waals surface area contributed by atoms with E-state index in [1.54, 1.807) is 0 Å². The van der Waals surface area contributed by atoms with Crippen molar-refractivity contribution in [1.29, 1.82) is 0 Å². The molecule has 1 saturated heterocycles.